The van der Waals surface area contributed by atoms with E-state index in [9.17, 15) is 4.79 Å². The number of aromatic nitrogens is 3. The Morgan fingerprint density at radius 1 is 1.26 bits per heavy atom. The van der Waals surface area contributed by atoms with Crippen LogP contribution in [0.1, 0.15) is 23.8 Å². The highest BCUT2D eigenvalue weighted by Gasteiger charge is 2.22. The van der Waals surface area contributed by atoms with Crippen LogP contribution in [-0.2, 0) is 17.9 Å². The Hall–Kier alpha value is -2.15. The van der Waals surface area contributed by atoms with E-state index in [1.807, 2.05) is 29.5 Å². The predicted octanol–water partition coefficient (Wildman–Crippen LogP) is 1.22. The first kappa shape index (κ1) is 15.7. The van der Waals surface area contributed by atoms with Crippen LogP contribution in [0.4, 0.5) is 0 Å². The lowest BCUT2D eigenvalue weighted by molar-refractivity contribution is -0.133. The number of carbonyl (C=O) groups is 1. The van der Waals surface area contributed by atoms with Crippen molar-refractivity contribution in [3.8, 4) is 0 Å². The molecule has 0 bridgehead atoms. The molecule has 124 valence electrons. The lowest BCUT2D eigenvalue weighted by Gasteiger charge is -2.34. The predicted molar refractivity (Wildman–Crippen MR) is 84.7 cm³/mol. The third kappa shape index (κ3) is 3.98. The number of oxazole rings is 1. The molecule has 0 unspecified atom stereocenters. The van der Waals surface area contributed by atoms with Crippen LogP contribution in [0.2, 0.25) is 0 Å². The largest absolute Gasteiger partial charge is 0.444 e. The molecule has 0 radical (unpaired) electrons. The fraction of sp³-hybridized carbons (Fsp3) is 0.562. The molecule has 23 heavy (non-hydrogen) atoms. The van der Waals surface area contributed by atoms with Gasteiger partial charge in [0.25, 0.3) is 0 Å². The van der Waals surface area contributed by atoms with Crippen molar-refractivity contribution in [2.75, 3.05) is 26.2 Å². The molecule has 3 heterocycles. The molecule has 0 saturated carbocycles. The van der Waals surface area contributed by atoms with Gasteiger partial charge in [-0.3, -0.25) is 9.69 Å². The molecule has 1 fully saturated rings. The fourth-order valence-electron chi connectivity index (χ4n) is 2.76. The molecule has 0 atom stereocenters. The molecule has 1 saturated heterocycles. The van der Waals surface area contributed by atoms with Crippen molar-refractivity contribution in [2.24, 2.45) is 0 Å². The minimum atomic E-state index is 0.209. The van der Waals surface area contributed by atoms with E-state index >= 15 is 0 Å². The molecule has 1 aliphatic heterocycles. The maximum atomic E-state index is 12.2. The molecular weight excluding hydrogens is 294 g/mol. The molecule has 2 aromatic rings. The van der Waals surface area contributed by atoms with E-state index in [1.165, 1.54) is 0 Å². The van der Waals surface area contributed by atoms with Crippen molar-refractivity contribution in [2.45, 2.75) is 33.4 Å². The molecule has 7 heteroatoms. The second kappa shape index (κ2) is 6.95. The summed E-state index contributed by atoms with van der Waals surface area (Å²) in [5.74, 6) is 1.86. The monoisotopic (exact) mass is 317 g/mol. The summed E-state index contributed by atoms with van der Waals surface area (Å²) in [6.07, 6.45) is 5.88. The van der Waals surface area contributed by atoms with Crippen molar-refractivity contribution < 1.29 is 9.21 Å². The van der Waals surface area contributed by atoms with Gasteiger partial charge in [-0.15, -0.1) is 0 Å². The van der Waals surface area contributed by atoms with E-state index in [4.69, 9.17) is 4.42 Å². The molecule has 2 aromatic heterocycles. The number of imidazole rings is 1. The molecule has 3 rings (SSSR count). The average Bonchev–Trinajstić information content (AvgIpc) is 3.16. The first-order chi connectivity index (χ1) is 11.1. The third-order valence-corrected chi connectivity index (χ3v) is 4.30. The van der Waals surface area contributed by atoms with Crippen LogP contribution in [0.5, 0.6) is 0 Å². The molecule has 1 amide bonds. The topological polar surface area (TPSA) is 67.4 Å². The number of nitrogens with zero attached hydrogens (tertiary/aromatic N) is 5. The van der Waals surface area contributed by atoms with E-state index in [0.29, 0.717) is 19.5 Å². The number of carbonyl (C=O) groups excluding carboxylic acids is 1. The van der Waals surface area contributed by atoms with Gasteiger partial charge in [0.2, 0.25) is 11.8 Å². The van der Waals surface area contributed by atoms with Crippen LogP contribution in [-0.4, -0.2) is 56.4 Å². The van der Waals surface area contributed by atoms with Gasteiger partial charge in [0.1, 0.15) is 5.76 Å². The maximum absolute atomic E-state index is 12.2. The van der Waals surface area contributed by atoms with Crippen molar-refractivity contribution >= 4 is 5.91 Å². The zero-order valence-corrected chi connectivity index (χ0v) is 13.7. The number of amides is 1. The van der Waals surface area contributed by atoms with E-state index in [1.54, 1.807) is 12.5 Å². The average molecular weight is 317 g/mol. The zero-order valence-electron chi connectivity index (χ0n) is 13.7. The summed E-state index contributed by atoms with van der Waals surface area (Å²) in [5, 5.41) is 0. The van der Waals surface area contributed by atoms with Gasteiger partial charge in [-0.25, -0.2) is 9.97 Å². The molecule has 1 aliphatic rings. The van der Waals surface area contributed by atoms with Crippen LogP contribution in [0.25, 0.3) is 0 Å². The summed E-state index contributed by atoms with van der Waals surface area (Å²) in [4.78, 5) is 24.9. The van der Waals surface area contributed by atoms with Crippen LogP contribution < -0.4 is 0 Å². The summed E-state index contributed by atoms with van der Waals surface area (Å²) >= 11 is 0. The van der Waals surface area contributed by atoms with Crippen LogP contribution >= 0.6 is 0 Å². The van der Waals surface area contributed by atoms with Crippen molar-refractivity contribution in [3.05, 3.63) is 36.1 Å². The Bertz CT molecular complexity index is 622. The molecule has 0 spiro atoms. The Labute approximate surface area is 135 Å². The highest BCUT2D eigenvalue weighted by molar-refractivity contribution is 5.76. The van der Waals surface area contributed by atoms with Gasteiger partial charge >= 0.3 is 0 Å². The van der Waals surface area contributed by atoms with Gasteiger partial charge in [-0.1, -0.05) is 0 Å². The lowest BCUT2D eigenvalue weighted by atomic mass is 10.2. The van der Waals surface area contributed by atoms with Crippen LogP contribution in [0.3, 0.4) is 0 Å². The SMILES string of the molecule is Cc1nc(CN2CCN(C(=O)CCn3ccnc3)CC2)oc1C. The van der Waals surface area contributed by atoms with Gasteiger partial charge < -0.3 is 13.9 Å². The van der Waals surface area contributed by atoms with Gasteiger partial charge in [0, 0.05) is 51.5 Å². The second-order valence-corrected chi connectivity index (χ2v) is 5.96. The minimum absolute atomic E-state index is 0.209. The van der Waals surface area contributed by atoms with E-state index in [2.05, 4.69) is 14.9 Å². The highest BCUT2D eigenvalue weighted by Crippen LogP contribution is 2.12. The zero-order chi connectivity index (χ0) is 16.2. The normalized spacial score (nSPS) is 16.0. The van der Waals surface area contributed by atoms with Crippen molar-refractivity contribution in [1.82, 2.24) is 24.3 Å². The van der Waals surface area contributed by atoms with E-state index in [-0.39, 0.29) is 5.91 Å². The number of rotatable bonds is 5. The molecule has 7 nitrogen and oxygen atoms in total. The fourth-order valence-corrected chi connectivity index (χ4v) is 2.76. The van der Waals surface area contributed by atoms with Crippen molar-refractivity contribution in [3.63, 3.8) is 0 Å². The quantitative estimate of drug-likeness (QED) is 0.829. The summed E-state index contributed by atoms with van der Waals surface area (Å²) in [7, 11) is 0. The van der Waals surface area contributed by atoms with Gasteiger partial charge in [0.05, 0.1) is 18.6 Å². The van der Waals surface area contributed by atoms with Crippen molar-refractivity contribution in [1.29, 1.82) is 0 Å². The van der Waals surface area contributed by atoms with Gasteiger partial charge in [-0.2, -0.15) is 0 Å². The summed E-state index contributed by atoms with van der Waals surface area (Å²) in [5.41, 5.74) is 0.952. The number of aryl methyl sites for hydroxylation is 3. The van der Waals surface area contributed by atoms with Crippen LogP contribution in [0.15, 0.2) is 23.1 Å². The maximum Gasteiger partial charge on any atom is 0.224 e. The smallest absolute Gasteiger partial charge is 0.224 e. The Kier molecular flexibility index (Phi) is 4.76. The second-order valence-electron chi connectivity index (χ2n) is 5.96. The molecular formula is C16H23N5O2. The van der Waals surface area contributed by atoms with E-state index < -0.39 is 0 Å². The molecule has 0 aliphatic carbocycles. The van der Waals surface area contributed by atoms with Gasteiger partial charge in [-0.05, 0) is 13.8 Å². The highest BCUT2D eigenvalue weighted by atomic mass is 16.4. The van der Waals surface area contributed by atoms with E-state index in [0.717, 1.165) is 43.5 Å². The summed E-state index contributed by atoms with van der Waals surface area (Å²) in [6.45, 7) is 8.54. The number of hydrogen-bond donors (Lipinski definition) is 0. The van der Waals surface area contributed by atoms with Crippen LogP contribution in [0, 0.1) is 13.8 Å². The summed E-state index contributed by atoms with van der Waals surface area (Å²) < 4.78 is 7.56. The Balaban J connectivity index is 1.43. The Morgan fingerprint density at radius 2 is 2.04 bits per heavy atom. The first-order valence-corrected chi connectivity index (χ1v) is 8.00. The summed E-state index contributed by atoms with van der Waals surface area (Å²) in [6, 6.07) is 0. The number of piperazine rings is 1. The lowest BCUT2D eigenvalue weighted by Crippen LogP contribution is -2.48. The first-order valence-electron chi connectivity index (χ1n) is 8.00. The minimum Gasteiger partial charge on any atom is -0.444 e. The number of hydrogen-bond acceptors (Lipinski definition) is 5. The standard InChI is InChI=1S/C16H23N5O2/c1-13-14(2)23-15(18-13)11-19-7-9-21(10-8-19)16(22)3-5-20-6-4-17-12-20/h4,6,12H,3,5,7-11H2,1-2H3. The molecule has 0 N–H and O–H groups in total. The Morgan fingerprint density at radius 3 is 2.65 bits per heavy atom. The van der Waals surface area contributed by atoms with Gasteiger partial charge in [0.15, 0.2) is 0 Å². The third-order valence-electron chi connectivity index (χ3n) is 4.30. The molecule has 0 aromatic carbocycles.